The summed E-state index contributed by atoms with van der Waals surface area (Å²) in [6, 6.07) is -1.91. The first-order valence-electron chi connectivity index (χ1n) is 4.90. The highest BCUT2D eigenvalue weighted by Gasteiger charge is 2.34. The van der Waals surface area contributed by atoms with Crippen molar-refractivity contribution in [2.24, 2.45) is 5.73 Å². The van der Waals surface area contributed by atoms with E-state index in [1.807, 2.05) is 0 Å². The van der Waals surface area contributed by atoms with Gasteiger partial charge in [-0.1, -0.05) is 0 Å². The summed E-state index contributed by atoms with van der Waals surface area (Å²) in [4.78, 5) is 34.0. The van der Waals surface area contributed by atoms with Crippen LogP contribution in [-0.4, -0.2) is 58.8 Å². The Balaban J connectivity index is 2.32. The number of aliphatic carboxylic acids is 1. The summed E-state index contributed by atoms with van der Waals surface area (Å²) in [5.74, 6) is -0.269. The lowest BCUT2D eigenvalue weighted by atomic mass is 10.3. The van der Waals surface area contributed by atoms with Crippen molar-refractivity contribution >= 4 is 29.8 Å². The zero-order chi connectivity index (χ0) is 12.8. The topological polar surface area (TPSA) is 125 Å². The van der Waals surface area contributed by atoms with Gasteiger partial charge in [-0.3, -0.25) is 0 Å². The van der Waals surface area contributed by atoms with Crippen LogP contribution in [0.1, 0.15) is 0 Å². The number of urea groups is 2. The molecule has 1 heterocycles. The minimum atomic E-state index is -1.01. The standard InChI is InChI=1S/C8H14N4O4S/c9-7(15)10-1-2-11-8(16)12-4-17-3-5(12)6(13)14/h5H,1-4H2,(H,11,16)(H,13,14)(H3,9,10,15). The SMILES string of the molecule is NC(=O)NCCNC(=O)N1CSCC1C(=O)O. The zero-order valence-corrected chi connectivity index (χ0v) is 9.83. The number of hydrogen-bond acceptors (Lipinski definition) is 4. The average Bonchev–Trinajstić information content (AvgIpc) is 2.72. The molecule has 17 heavy (non-hydrogen) atoms. The van der Waals surface area contributed by atoms with E-state index in [9.17, 15) is 14.4 Å². The van der Waals surface area contributed by atoms with E-state index in [2.05, 4.69) is 10.6 Å². The Morgan fingerprint density at radius 1 is 1.35 bits per heavy atom. The van der Waals surface area contributed by atoms with E-state index in [1.54, 1.807) is 0 Å². The number of nitrogens with zero attached hydrogens (tertiary/aromatic N) is 1. The van der Waals surface area contributed by atoms with E-state index in [1.165, 1.54) is 16.7 Å². The highest BCUT2D eigenvalue weighted by molar-refractivity contribution is 7.99. The number of carbonyl (C=O) groups excluding carboxylic acids is 2. The van der Waals surface area contributed by atoms with Gasteiger partial charge < -0.3 is 26.4 Å². The van der Waals surface area contributed by atoms with Crippen LogP contribution in [-0.2, 0) is 4.79 Å². The fourth-order valence-electron chi connectivity index (χ4n) is 1.30. The van der Waals surface area contributed by atoms with Crippen LogP contribution in [0.2, 0.25) is 0 Å². The molecule has 1 saturated heterocycles. The van der Waals surface area contributed by atoms with Crippen LogP contribution in [0.15, 0.2) is 0 Å². The summed E-state index contributed by atoms with van der Waals surface area (Å²) in [5.41, 5.74) is 4.84. The Morgan fingerprint density at radius 2 is 2.00 bits per heavy atom. The number of rotatable bonds is 4. The number of nitrogens with two attached hydrogens (primary N) is 1. The van der Waals surface area contributed by atoms with Gasteiger partial charge in [-0.05, 0) is 0 Å². The molecular weight excluding hydrogens is 248 g/mol. The Labute approximate surface area is 102 Å². The van der Waals surface area contributed by atoms with Crippen molar-refractivity contribution in [2.45, 2.75) is 6.04 Å². The number of carboxylic acid groups (broad SMARTS) is 1. The van der Waals surface area contributed by atoms with Gasteiger partial charge in [0, 0.05) is 18.8 Å². The van der Waals surface area contributed by atoms with Gasteiger partial charge in [0.15, 0.2) is 0 Å². The number of nitrogens with one attached hydrogen (secondary N) is 2. The van der Waals surface area contributed by atoms with Gasteiger partial charge >= 0.3 is 18.0 Å². The summed E-state index contributed by atoms with van der Waals surface area (Å²) in [6.45, 7) is 0.412. The third-order valence-corrected chi connectivity index (χ3v) is 3.14. The van der Waals surface area contributed by atoms with Crippen molar-refractivity contribution in [2.75, 3.05) is 24.7 Å². The minimum absolute atomic E-state index is 0.204. The lowest BCUT2D eigenvalue weighted by Crippen LogP contribution is -2.48. The zero-order valence-electron chi connectivity index (χ0n) is 9.01. The molecular formula is C8H14N4O4S. The van der Waals surface area contributed by atoms with Crippen LogP contribution in [0, 0.1) is 0 Å². The van der Waals surface area contributed by atoms with E-state index in [0.717, 1.165) is 0 Å². The molecule has 0 aromatic rings. The molecule has 1 unspecified atom stereocenters. The quantitative estimate of drug-likeness (QED) is 0.475. The predicted molar refractivity (Wildman–Crippen MR) is 61.6 cm³/mol. The normalized spacial score (nSPS) is 18.8. The number of carbonyl (C=O) groups is 3. The van der Waals surface area contributed by atoms with E-state index in [0.29, 0.717) is 11.6 Å². The molecule has 0 spiro atoms. The number of amides is 4. The first kappa shape index (κ1) is 13.4. The minimum Gasteiger partial charge on any atom is -0.480 e. The summed E-state index contributed by atoms with van der Waals surface area (Å²) in [6.07, 6.45) is 0. The smallest absolute Gasteiger partial charge is 0.327 e. The fraction of sp³-hybridized carbons (Fsp3) is 0.625. The van der Waals surface area contributed by atoms with Crippen LogP contribution < -0.4 is 16.4 Å². The summed E-state index contributed by atoms with van der Waals surface area (Å²) in [7, 11) is 0. The van der Waals surface area contributed by atoms with Crippen molar-refractivity contribution < 1.29 is 19.5 Å². The number of carboxylic acids is 1. The highest BCUT2D eigenvalue weighted by atomic mass is 32.2. The second kappa shape index (κ2) is 6.18. The Hall–Kier alpha value is -1.64. The van der Waals surface area contributed by atoms with Gasteiger partial charge in [0.1, 0.15) is 6.04 Å². The molecule has 96 valence electrons. The van der Waals surface area contributed by atoms with E-state index in [-0.39, 0.29) is 13.1 Å². The van der Waals surface area contributed by atoms with Crippen LogP contribution >= 0.6 is 11.8 Å². The van der Waals surface area contributed by atoms with Gasteiger partial charge in [-0.25, -0.2) is 14.4 Å². The first-order valence-corrected chi connectivity index (χ1v) is 6.06. The largest absolute Gasteiger partial charge is 0.480 e. The third kappa shape index (κ3) is 4.02. The van der Waals surface area contributed by atoms with Crippen molar-refractivity contribution in [3.05, 3.63) is 0 Å². The fourth-order valence-corrected chi connectivity index (χ4v) is 2.45. The summed E-state index contributed by atoms with van der Waals surface area (Å²) in [5, 5.41) is 13.7. The summed E-state index contributed by atoms with van der Waals surface area (Å²) < 4.78 is 0. The van der Waals surface area contributed by atoms with E-state index < -0.39 is 24.1 Å². The molecule has 8 nitrogen and oxygen atoms in total. The molecule has 0 aliphatic carbocycles. The average molecular weight is 262 g/mol. The lowest BCUT2D eigenvalue weighted by molar-refractivity contribution is -0.140. The number of thioether (sulfide) groups is 1. The van der Waals surface area contributed by atoms with Gasteiger partial charge in [-0.2, -0.15) is 0 Å². The predicted octanol–water partition coefficient (Wildman–Crippen LogP) is -1.18. The van der Waals surface area contributed by atoms with Gasteiger partial charge in [0.2, 0.25) is 0 Å². The molecule has 4 amide bonds. The van der Waals surface area contributed by atoms with E-state index >= 15 is 0 Å². The van der Waals surface area contributed by atoms with Crippen molar-refractivity contribution in [3.63, 3.8) is 0 Å². The molecule has 0 aromatic heterocycles. The van der Waals surface area contributed by atoms with Gasteiger partial charge in [0.05, 0.1) is 5.88 Å². The number of primary amides is 1. The molecule has 0 saturated carbocycles. The second-order valence-corrected chi connectivity index (χ2v) is 4.35. The van der Waals surface area contributed by atoms with Crippen LogP contribution in [0.3, 0.4) is 0 Å². The highest BCUT2D eigenvalue weighted by Crippen LogP contribution is 2.20. The maximum Gasteiger partial charge on any atom is 0.327 e. The third-order valence-electron chi connectivity index (χ3n) is 2.13. The Bertz CT molecular complexity index is 325. The second-order valence-electron chi connectivity index (χ2n) is 3.35. The van der Waals surface area contributed by atoms with Gasteiger partial charge in [0.25, 0.3) is 0 Å². The van der Waals surface area contributed by atoms with Crippen LogP contribution in [0.5, 0.6) is 0 Å². The molecule has 0 aromatic carbocycles. The molecule has 5 N–H and O–H groups in total. The van der Waals surface area contributed by atoms with Crippen molar-refractivity contribution in [3.8, 4) is 0 Å². The first-order chi connectivity index (χ1) is 8.02. The molecule has 1 aliphatic heterocycles. The Kier molecular flexibility index (Phi) is 4.88. The maximum absolute atomic E-state index is 11.6. The lowest BCUT2D eigenvalue weighted by Gasteiger charge is -2.20. The van der Waals surface area contributed by atoms with Crippen molar-refractivity contribution in [1.29, 1.82) is 0 Å². The monoisotopic (exact) mass is 262 g/mol. The van der Waals surface area contributed by atoms with Crippen LogP contribution in [0.25, 0.3) is 0 Å². The molecule has 0 bridgehead atoms. The van der Waals surface area contributed by atoms with Crippen molar-refractivity contribution in [1.82, 2.24) is 15.5 Å². The molecule has 1 aliphatic rings. The molecule has 1 atom stereocenters. The molecule has 1 rings (SSSR count). The van der Waals surface area contributed by atoms with E-state index in [4.69, 9.17) is 10.8 Å². The summed E-state index contributed by atoms with van der Waals surface area (Å²) >= 11 is 1.39. The Morgan fingerprint density at radius 3 is 2.59 bits per heavy atom. The molecule has 1 fully saturated rings. The van der Waals surface area contributed by atoms with Crippen LogP contribution in [0.4, 0.5) is 9.59 Å². The molecule has 9 heteroatoms. The number of hydrogen-bond donors (Lipinski definition) is 4. The van der Waals surface area contributed by atoms with Gasteiger partial charge in [-0.15, -0.1) is 11.8 Å². The molecule has 0 radical (unpaired) electrons. The maximum atomic E-state index is 11.6.